The van der Waals surface area contributed by atoms with E-state index in [1.54, 1.807) is 19.2 Å². The van der Waals surface area contributed by atoms with Crippen LogP contribution in [0.4, 0.5) is 11.5 Å². The van der Waals surface area contributed by atoms with Crippen molar-refractivity contribution in [3.8, 4) is 0 Å². The van der Waals surface area contributed by atoms with E-state index in [4.69, 9.17) is 0 Å². The van der Waals surface area contributed by atoms with E-state index in [1.165, 1.54) is 0 Å². The van der Waals surface area contributed by atoms with E-state index in [0.717, 1.165) is 0 Å². The molecule has 1 atom stereocenters. The Morgan fingerprint density at radius 3 is 2.53 bits per heavy atom. The molecule has 0 aromatic carbocycles. The van der Waals surface area contributed by atoms with Crippen molar-refractivity contribution in [2.45, 2.75) is 40.7 Å². The van der Waals surface area contributed by atoms with Gasteiger partial charge in [0.1, 0.15) is 0 Å². The second-order valence-corrected chi connectivity index (χ2v) is 5.31. The number of rotatable bonds is 3. The molecule has 5 heteroatoms. The summed E-state index contributed by atoms with van der Waals surface area (Å²) in [5, 5.41) is 14.1. The summed E-state index contributed by atoms with van der Waals surface area (Å²) in [6.45, 7) is 9.94. The number of nitrogens with zero attached hydrogens (tertiary/aromatic N) is 2. The van der Waals surface area contributed by atoms with Gasteiger partial charge in [-0.3, -0.25) is 10.1 Å². The molecule has 0 saturated carbocycles. The largest absolute Gasteiger partial charge is 0.361 e. The first kappa shape index (κ1) is 13.4. The molecule has 0 amide bonds. The quantitative estimate of drug-likeness (QED) is 0.647. The Morgan fingerprint density at radius 2 is 2.06 bits per heavy atom. The van der Waals surface area contributed by atoms with Crippen LogP contribution in [0.5, 0.6) is 0 Å². The van der Waals surface area contributed by atoms with Crippen molar-refractivity contribution in [2.24, 2.45) is 5.41 Å². The van der Waals surface area contributed by atoms with Crippen LogP contribution in [0.1, 0.15) is 33.3 Å². The highest BCUT2D eigenvalue weighted by Crippen LogP contribution is 2.29. The van der Waals surface area contributed by atoms with Crippen LogP contribution in [0.25, 0.3) is 0 Å². The molecular weight excluding hydrogens is 218 g/mol. The second-order valence-electron chi connectivity index (χ2n) is 5.31. The zero-order chi connectivity index (χ0) is 13.2. The van der Waals surface area contributed by atoms with Gasteiger partial charge in [0.25, 0.3) is 0 Å². The van der Waals surface area contributed by atoms with Crippen LogP contribution in [0.2, 0.25) is 0 Å². The van der Waals surface area contributed by atoms with E-state index >= 15 is 0 Å². The predicted molar refractivity (Wildman–Crippen MR) is 68.2 cm³/mol. The van der Waals surface area contributed by atoms with E-state index in [1.807, 2.05) is 6.92 Å². The lowest BCUT2D eigenvalue weighted by Gasteiger charge is -2.28. The van der Waals surface area contributed by atoms with Crippen molar-refractivity contribution < 1.29 is 4.92 Å². The molecule has 1 heterocycles. The van der Waals surface area contributed by atoms with Gasteiger partial charge in [-0.15, -0.1) is 0 Å². The monoisotopic (exact) mass is 237 g/mol. The minimum absolute atomic E-state index is 0.0132. The molecule has 0 bridgehead atoms. The van der Waals surface area contributed by atoms with E-state index in [0.29, 0.717) is 11.4 Å². The van der Waals surface area contributed by atoms with Crippen molar-refractivity contribution in [1.82, 2.24) is 4.98 Å². The third-order valence-electron chi connectivity index (χ3n) is 2.96. The maximum atomic E-state index is 11.0. The van der Waals surface area contributed by atoms with Crippen LogP contribution in [0.15, 0.2) is 12.3 Å². The van der Waals surface area contributed by atoms with Gasteiger partial charge in [0, 0.05) is 17.8 Å². The summed E-state index contributed by atoms with van der Waals surface area (Å²) in [7, 11) is 0. The minimum atomic E-state index is -0.389. The highest BCUT2D eigenvalue weighted by atomic mass is 16.6. The van der Waals surface area contributed by atoms with Gasteiger partial charge in [-0.1, -0.05) is 20.8 Å². The SMILES string of the molecule is Cc1ccnc(NC(C)C(C)(C)C)c1[N+](=O)[O-]. The van der Waals surface area contributed by atoms with Crippen molar-refractivity contribution >= 4 is 11.5 Å². The van der Waals surface area contributed by atoms with Gasteiger partial charge in [0.05, 0.1) is 4.92 Å². The van der Waals surface area contributed by atoms with Crippen molar-refractivity contribution in [3.63, 3.8) is 0 Å². The standard InChI is InChI=1S/C12H19N3O2/c1-8-6-7-13-11(10(8)15(16)17)14-9(2)12(3,4)5/h6-7,9H,1-5H3,(H,13,14). The maximum absolute atomic E-state index is 11.0. The maximum Gasteiger partial charge on any atom is 0.314 e. The molecule has 1 N–H and O–H groups in total. The van der Waals surface area contributed by atoms with Gasteiger partial charge in [-0.05, 0) is 25.3 Å². The number of aryl methyl sites for hydroxylation is 1. The molecular formula is C12H19N3O2. The molecule has 0 aliphatic carbocycles. The van der Waals surface area contributed by atoms with E-state index in [2.05, 4.69) is 31.1 Å². The molecule has 0 spiro atoms. The fraction of sp³-hybridized carbons (Fsp3) is 0.583. The number of pyridine rings is 1. The van der Waals surface area contributed by atoms with Crippen molar-refractivity contribution in [1.29, 1.82) is 0 Å². The molecule has 0 fully saturated rings. The lowest BCUT2D eigenvalue weighted by atomic mass is 9.88. The van der Waals surface area contributed by atoms with Gasteiger partial charge in [0.2, 0.25) is 5.82 Å². The zero-order valence-corrected chi connectivity index (χ0v) is 10.9. The molecule has 5 nitrogen and oxygen atoms in total. The number of hydrogen-bond donors (Lipinski definition) is 1. The molecule has 0 saturated heterocycles. The number of aromatic nitrogens is 1. The Bertz CT molecular complexity index is 424. The highest BCUT2D eigenvalue weighted by molar-refractivity contribution is 5.60. The van der Waals surface area contributed by atoms with E-state index in [-0.39, 0.29) is 22.1 Å². The summed E-state index contributed by atoms with van der Waals surface area (Å²) in [6, 6.07) is 1.74. The fourth-order valence-electron chi connectivity index (χ4n) is 1.31. The summed E-state index contributed by atoms with van der Waals surface area (Å²) >= 11 is 0. The number of nitrogens with one attached hydrogen (secondary N) is 1. The lowest BCUT2D eigenvalue weighted by molar-refractivity contribution is -0.384. The Balaban J connectivity index is 3.07. The fourth-order valence-corrected chi connectivity index (χ4v) is 1.31. The first-order valence-corrected chi connectivity index (χ1v) is 5.60. The molecule has 1 aromatic rings. The van der Waals surface area contributed by atoms with Crippen LogP contribution in [0, 0.1) is 22.5 Å². The van der Waals surface area contributed by atoms with Crippen molar-refractivity contribution in [3.05, 3.63) is 27.9 Å². The van der Waals surface area contributed by atoms with Crippen LogP contribution in [-0.4, -0.2) is 15.9 Å². The van der Waals surface area contributed by atoms with Crippen LogP contribution >= 0.6 is 0 Å². The predicted octanol–water partition coefficient (Wildman–Crippen LogP) is 3.14. The van der Waals surface area contributed by atoms with Gasteiger partial charge < -0.3 is 5.32 Å². The summed E-state index contributed by atoms with van der Waals surface area (Å²) in [6.07, 6.45) is 1.58. The molecule has 0 aliphatic rings. The van der Waals surface area contributed by atoms with Crippen LogP contribution in [0.3, 0.4) is 0 Å². The normalized spacial score (nSPS) is 13.2. The van der Waals surface area contributed by atoms with E-state index in [9.17, 15) is 10.1 Å². The number of hydrogen-bond acceptors (Lipinski definition) is 4. The van der Waals surface area contributed by atoms with Crippen LogP contribution in [-0.2, 0) is 0 Å². The first-order valence-electron chi connectivity index (χ1n) is 5.60. The minimum Gasteiger partial charge on any atom is -0.361 e. The molecule has 1 rings (SSSR count). The Morgan fingerprint density at radius 1 is 1.47 bits per heavy atom. The van der Waals surface area contributed by atoms with Crippen molar-refractivity contribution in [2.75, 3.05) is 5.32 Å². The summed E-state index contributed by atoms with van der Waals surface area (Å²) in [5.41, 5.74) is 0.691. The third-order valence-corrected chi connectivity index (χ3v) is 2.96. The average molecular weight is 237 g/mol. The third kappa shape index (κ3) is 3.15. The first-order chi connectivity index (χ1) is 7.73. The average Bonchev–Trinajstić information content (AvgIpc) is 2.15. The smallest absolute Gasteiger partial charge is 0.314 e. The number of nitro groups is 1. The Hall–Kier alpha value is -1.65. The summed E-state index contributed by atoms with van der Waals surface area (Å²) in [5.74, 6) is 0.345. The van der Waals surface area contributed by atoms with E-state index < -0.39 is 0 Å². The second kappa shape index (κ2) is 4.69. The Labute approximate surface area is 101 Å². The lowest BCUT2D eigenvalue weighted by Crippen LogP contribution is -2.31. The summed E-state index contributed by atoms with van der Waals surface area (Å²) < 4.78 is 0. The number of anilines is 1. The summed E-state index contributed by atoms with van der Waals surface area (Å²) in [4.78, 5) is 14.7. The van der Waals surface area contributed by atoms with Gasteiger partial charge >= 0.3 is 5.69 Å². The topological polar surface area (TPSA) is 68.1 Å². The molecule has 17 heavy (non-hydrogen) atoms. The molecule has 0 radical (unpaired) electrons. The van der Waals surface area contributed by atoms with Crippen LogP contribution < -0.4 is 5.32 Å². The Kier molecular flexibility index (Phi) is 3.70. The van der Waals surface area contributed by atoms with Gasteiger partial charge in [-0.2, -0.15) is 0 Å². The zero-order valence-electron chi connectivity index (χ0n) is 10.9. The van der Waals surface area contributed by atoms with Gasteiger partial charge in [0.15, 0.2) is 0 Å². The molecule has 94 valence electrons. The highest BCUT2D eigenvalue weighted by Gasteiger charge is 2.25. The van der Waals surface area contributed by atoms with Gasteiger partial charge in [-0.25, -0.2) is 4.98 Å². The molecule has 0 aliphatic heterocycles. The molecule has 1 aromatic heterocycles. The molecule has 1 unspecified atom stereocenters.